The average Bonchev–Trinajstić information content (AvgIpc) is 2.33. The number of carbonyl (C=O) groups is 2. The molecule has 102 valence electrons. The van der Waals surface area contributed by atoms with Crippen molar-refractivity contribution >= 4 is 11.9 Å². The highest BCUT2D eigenvalue weighted by molar-refractivity contribution is 5.88. The summed E-state index contributed by atoms with van der Waals surface area (Å²) in [5.74, 6) is -0.267. The van der Waals surface area contributed by atoms with Gasteiger partial charge in [0.15, 0.2) is 0 Å². The van der Waals surface area contributed by atoms with Crippen molar-refractivity contribution in [2.45, 2.75) is 18.6 Å². The molecule has 19 heavy (non-hydrogen) atoms. The summed E-state index contributed by atoms with van der Waals surface area (Å²) in [5, 5.41) is 12.1. The van der Waals surface area contributed by atoms with E-state index in [4.69, 9.17) is 5.73 Å². The number of urea groups is 1. The van der Waals surface area contributed by atoms with Crippen molar-refractivity contribution in [3.8, 4) is 0 Å². The fourth-order valence-electron chi connectivity index (χ4n) is 2.19. The van der Waals surface area contributed by atoms with Gasteiger partial charge in [0.1, 0.15) is 6.04 Å². The smallest absolute Gasteiger partial charge is 0.313 e. The number of hydrogen-bond donors (Lipinski definition) is 3. The number of amides is 3. The molecule has 0 aliphatic carbocycles. The zero-order valence-electron chi connectivity index (χ0n) is 10.7. The van der Waals surface area contributed by atoms with E-state index in [1.807, 2.05) is 6.07 Å². The number of nitrogens with one attached hydrogen (secondary N) is 1. The summed E-state index contributed by atoms with van der Waals surface area (Å²) in [6.45, 7) is 2.18. The third-order valence-corrected chi connectivity index (χ3v) is 3.04. The van der Waals surface area contributed by atoms with E-state index in [0.717, 1.165) is 0 Å². The lowest BCUT2D eigenvalue weighted by Crippen LogP contribution is -2.63. The van der Waals surface area contributed by atoms with Crippen LogP contribution in [0.2, 0.25) is 0 Å². The van der Waals surface area contributed by atoms with Crippen molar-refractivity contribution in [2.24, 2.45) is 5.73 Å². The van der Waals surface area contributed by atoms with Gasteiger partial charge in [-0.2, -0.15) is 0 Å². The Balaban J connectivity index is 2.15. The molecule has 0 aromatic heterocycles. The molecule has 1 atom stereocenters. The molecule has 0 bridgehead atoms. The maximum absolute atomic E-state index is 12.3. The second kappa shape index (κ2) is 4.89. The number of hydrogen-bond acceptors (Lipinski definition) is 3. The SMILES string of the molecule is CC1(O)CN(C(=O)C(NC(N)=O)c2ccccc2)C1. The van der Waals surface area contributed by atoms with Crippen LogP contribution in [0, 0.1) is 0 Å². The first kappa shape index (κ1) is 13.4. The first-order valence-corrected chi connectivity index (χ1v) is 6.01. The van der Waals surface area contributed by atoms with Crippen molar-refractivity contribution in [1.82, 2.24) is 10.2 Å². The predicted octanol–water partition coefficient (Wildman–Crippen LogP) is -0.0108. The monoisotopic (exact) mass is 263 g/mol. The number of nitrogens with zero attached hydrogens (tertiary/aromatic N) is 1. The van der Waals surface area contributed by atoms with Gasteiger partial charge in [-0.1, -0.05) is 30.3 Å². The third kappa shape index (κ3) is 3.03. The lowest BCUT2D eigenvalue weighted by Gasteiger charge is -2.45. The predicted molar refractivity (Wildman–Crippen MR) is 69.1 cm³/mol. The van der Waals surface area contributed by atoms with E-state index in [1.54, 1.807) is 31.2 Å². The molecule has 4 N–H and O–H groups in total. The minimum absolute atomic E-state index is 0.260. The fraction of sp³-hybridized carbons (Fsp3) is 0.385. The lowest BCUT2D eigenvalue weighted by molar-refractivity contribution is -0.154. The van der Waals surface area contributed by atoms with Gasteiger partial charge in [0.05, 0.1) is 18.7 Å². The molecule has 1 fully saturated rings. The van der Waals surface area contributed by atoms with E-state index >= 15 is 0 Å². The minimum atomic E-state index is -0.844. The van der Waals surface area contributed by atoms with Crippen LogP contribution in [-0.4, -0.2) is 40.6 Å². The van der Waals surface area contributed by atoms with E-state index in [1.165, 1.54) is 4.90 Å². The maximum Gasteiger partial charge on any atom is 0.313 e. The fourth-order valence-corrected chi connectivity index (χ4v) is 2.19. The highest BCUT2D eigenvalue weighted by Gasteiger charge is 2.42. The molecule has 1 aliphatic rings. The van der Waals surface area contributed by atoms with E-state index in [0.29, 0.717) is 5.56 Å². The molecule has 1 saturated heterocycles. The molecule has 1 aromatic carbocycles. The molecule has 1 unspecified atom stereocenters. The van der Waals surface area contributed by atoms with Gasteiger partial charge in [0.25, 0.3) is 0 Å². The van der Waals surface area contributed by atoms with Crippen LogP contribution in [0.1, 0.15) is 18.5 Å². The summed E-state index contributed by atoms with van der Waals surface area (Å²) in [6.07, 6.45) is 0. The van der Waals surface area contributed by atoms with Crippen molar-refractivity contribution in [1.29, 1.82) is 0 Å². The van der Waals surface area contributed by atoms with Crippen molar-refractivity contribution < 1.29 is 14.7 Å². The Labute approximate surface area is 111 Å². The quantitative estimate of drug-likeness (QED) is 0.715. The Morgan fingerprint density at radius 3 is 2.42 bits per heavy atom. The van der Waals surface area contributed by atoms with Crippen LogP contribution < -0.4 is 11.1 Å². The molecular weight excluding hydrogens is 246 g/mol. The molecule has 6 nitrogen and oxygen atoms in total. The Bertz CT molecular complexity index is 479. The molecule has 0 radical (unpaired) electrons. The molecule has 1 aromatic rings. The standard InChI is InChI=1S/C13H17N3O3/c1-13(19)7-16(8-13)11(17)10(15-12(14)18)9-5-3-2-4-6-9/h2-6,10,19H,7-8H2,1H3,(H3,14,15,18). The minimum Gasteiger partial charge on any atom is -0.386 e. The Hall–Kier alpha value is -2.08. The number of likely N-dealkylation sites (tertiary alicyclic amines) is 1. The van der Waals surface area contributed by atoms with Crippen LogP contribution >= 0.6 is 0 Å². The van der Waals surface area contributed by atoms with Gasteiger partial charge < -0.3 is 21.1 Å². The van der Waals surface area contributed by atoms with Gasteiger partial charge in [0.2, 0.25) is 5.91 Å². The highest BCUT2D eigenvalue weighted by atomic mass is 16.3. The van der Waals surface area contributed by atoms with Gasteiger partial charge in [-0.25, -0.2) is 4.79 Å². The number of rotatable bonds is 3. The second-order valence-corrected chi connectivity index (χ2v) is 5.04. The molecule has 3 amide bonds. The summed E-state index contributed by atoms with van der Waals surface area (Å²) < 4.78 is 0. The summed E-state index contributed by atoms with van der Waals surface area (Å²) in [5.41, 5.74) is 4.93. The second-order valence-electron chi connectivity index (χ2n) is 5.04. The lowest BCUT2D eigenvalue weighted by atomic mass is 9.94. The summed E-state index contributed by atoms with van der Waals surface area (Å²) >= 11 is 0. The number of aliphatic hydroxyl groups is 1. The largest absolute Gasteiger partial charge is 0.386 e. The molecule has 1 aliphatic heterocycles. The molecule has 1 heterocycles. The summed E-state index contributed by atoms with van der Waals surface area (Å²) in [4.78, 5) is 24.8. The maximum atomic E-state index is 12.3. The zero-order valence-corrected chi connectivity index (χ0v) is 10.7. The number of carbonyl (C=O) groups excluding carboxylic acids is 2. The van der Waals surface area contributed by atoms with E-state index in [9.17, 15) is 14.7 Å². The third-order valence-electron chi connectivity index (χ3n) is 3.04. The normalized spacial score (nSPS) is 18.3. The van der Waals surface area contributed by atoms with Crippen molar-refractivity contribution in [3.05, 3.63) is 35.9 Å². The first-order valence-electron chi connectivity index (χ1n) is 6.01. The van der Waals surface area contributed by atoms with Crippen LogP contribution in [0.5, 0.6) is 0 Å². The van der Waals surface area contributed by atoms with Crippen LogP contribution in [0.25, 0.3) is 0 Å². The first-order chi connectivity index (χ1) is 8.89. The van der Waals surface area contributed by atoms with Crippen LogP contribution in [-0.2, 0) is 4.79 Å². The van der Waals surface area contributed by atoms with Crippen molar-refractivity contribution in [2.75, 3.05) is 13.1 Å². The zero-order chi connectivity index (χ0) is 14.0. The highest BCUT2D eigenvalue weighted by Crippen LogP contribution is 2.24. The van der Waals surface area contributed by atoms with Gasteiger partial charge in [-0.05, 0) is 12.5 Å². The average molecular weight is 263 g/mol. The summed E-state index contributed by atoms with van der Waals surface area (Å²) in [6, 6.07) is 7.32. The number of β-amino-alcohol motifs (C(OH)–C–C–N with tert-alkyl or cyclic N) is 1. The Morgan fingerprint density at radius 1 is 1.37 bits per heavy atom. The van der Waals surface area contributed by atoms with E-state index in [2.05, 4.69) is 5.32 Å². The van der Waals surface area contributed by atoms with Gasteiger partial charge in [0, 0.05) is 0 Å². The van der Waals surface area contributed by atoms with E-state index < -0.39 is 17.7 Å². The van der Waals surface area contributed by atoms with Gasteiger partial charge >= 0.3 is 6.03 Å². The van der Waals surface area contributed by atoms with Crippen molar-refractivity contribution in [3.63, 3.8) is 0 Å². The topological polar surface area (TPSA) is 95.7 Å². The Morgan fingerprint density at radius 2 is 1.95 bits per heavy atom. The number of benzene rings is 1. The molecule has 6 heteroatoms. The van der Waals surface area contributed by atoms with Gasteiger partial charge in [-0.15, -0.1) is 0 Å². The van der Waals surface area contributed by atoms with Gasteiger partial charge in [-0.3, -0.25) is 4.79 Å². The van der Waals surface area contributed by atoms with Crippen LogP contribution in [0.15, 0.2) is 30.3 Å². The molecule has 0 saturated carbocycles. The number of primary amides is 1. The van der Waals surface area contributed by atoms with Crippen LogP contribution in [0.4, 0.5) is 4.79 Å². The van der Waals surface area contributed by atoms with E-state index in [-0.39, 0.29) is 19.0 Å². The Kier molecular flexibility index (Phi) is 3.44. The van der Waals surface area contributed by atoms with Crippen LogP contribution in [0.3, 0.4) is 0 Å². The summed E-state index contributed by atoms with van der Waals surface area (Å²) in [7, 11) is 0. The molecule has 2 rings (SSSR count). The molecule has 0 spiro atoms. The number of nitrogens with two attached hydrogens (primary N) is 1. The molecular formula is C13H17N3O3.